The number of benzene rings is 2. The zero-order valence-corrected chi connectivity index (χ0v) is 13.6. The molecule has 0 radical (unpaired) electrons. The van der Waals surface area contributed by atoms with Crippen molar-refractivity contribution >= 4 is 27.7 Å². The second kappa shape index (κ2) is 7.23. The first-order valence-electron chi connectivity index (χ1n) is 6.43. The van der Waals surface area contributed by atoms with Gasteiger partial charge in [-0.2, -0.15) is 0 Å². The fraction of sp³-hybridized carbons (Fsp3) is 0.250. The molecule has 4 heteroatoms. The Morgan fingerprint density at radius 3 is 2.20 bits per heavy atom. The highest BCUT2D eigenvalue weighted by Gasteiger charge is 2.23. The second-order valence-electron chi connectivity index (χ2n) is 4.80. The molecule has 0 aliphatic rings. The molecule has 0 spiro atoms. The van der Waals surface area contributed by atoms with Crippen LogP contribution in [0, 0.1) is 0 Å². The zero-order chi connectivity index (χ0) is 14.5. The van der Waals surface area contributed by atoms with Crippen LogP contribution in [0.5, 0.6) is 0 Å². The van der Waals surface area contributed by atoms with Gasteiger partial charge >= 0.3 is 0 Å². The van der Waals surface area contributed by atoms with Crippen molar-refractivity contribution in [2.24, 2.45) is 0 Å². The summed E-state index contributed by atoms with van der Waals surface area (Å²) >= 11 is 9.40. The Hall–Kier alpha value is -0.870. The van der Waals surface area contributed by atoms with E-state index >= 15 is 0 Å². The molecule has 0 unspecified atom stereocenters. The van der Waals surface area contributed by atoms with Gasteiger partial charge in [-0.15, -0.1) is 0 Å². The van der Waals surface area contributed by atoms with E-state index in [1.54, 1.807) is 11.5 Å². The van der Waals surface area contributed by atoms with Crippen LogP contribution in [0.3, 0.4) is 0 Å². The molecule has 2 aromatic carbocycles. The van der Waals surface area contributed by atoms with E-state index in [1.165, 1.54) is 0 Å². The summed E-state index contributed by atoms with van der Waals surface area (Å²) in [6, 6.07) is 17.7. The minimum absolute atomic E-state index is 0.0696. The number of rotatable bonds is 5. The van der Waals surface area contributed by atoms with Crippen molar-refractivity contribution in [3.8, 4) is 0 Å². The average Bonchev–Trinajstić information content (AvgIpc) is 2.45. The van der Waals surface area contributed by atoms with Crippen LogP contribution in [-0.2, 0) is 0 Å². The molecule has 0 saturated carbocycles. The number of hydrogen-bond donors (Lipinski definition) is 1. The molecule has 0 saturated heterocycles. The smallest absolute Gasteiger partial charge is 0.0871 e. The Labute approximate surface area is 133 Å². The van der Waals surface area contributed by atoms with E-state index in [0.717, 1.165) is 15.6 Å². The van der Waals surface area contributed by atoms with Gasteiger partial charge in [-0.05, 0) is 35.0 Å². The number of nitrogens with zero attached hydrogens (tertiary/aromatic N) is 1. The molecule has 0 amide bonds. The Morgan fingerprint density at radius 1 is 1.05 bits per heavy atom. The van der Waals surface area contributed by atoms with Gasteiger partial charge in [0.15, 0.2) is 0 Å². The van der Waals surface area contributed by atoms with Gasteiger partial charge in [0.2, 0.25) is 0 Å². The van der Waals surface area contributed by atoms with Crippen LogP contribution in [0.15, 0.2) is 59.1 Å². The molecule has 2 atom stereocenters. The van der Waals surface area contributed by atoms with Crippen molar-refractivity contribution in [1.29, 1.82) is 0 Å². The van der Waals surface area contributed by atoms with Crippen molar-refractivity contribution in [3.05, 3.63) is 70.2 Å². The molecule has 20 heavy (non-hydrogen) atoms. The van der Waals surface area contributed by atoms with E-state index < -0.39 is 6.10 Å². The second-order valence-corrected chi connectivity index (χ2v) is 6.29. The zero-order valence-electron chi connectivity index (χ0n) is 11.2. The molecular weight excluding hydrogens is 338 g/mol. The lowest BCUT2D eigenvalue weighted by molar-refractivity contribution is 0.136. The van der Waals surface area contributed by atoms with Gasteiger partial charge in [0, 0.05) is 24.0 Å². The third-order valence-electron chi connectivity index (χ3n) is 3.27. The fourth-order valence-electron chi connectivity index (χ4n) is 2.25. The largest absolute Gasteiger partial charge is 0.388 e. The molecule has 0 fully saturated rings. The molecule has 106 valence electrons. The standard InChI is InChI=1S/C16H17BrClNO/c1-19(18)11-15(12-5-3-2-4-6-12)16(20)13-7-9-14(17)10-8-13/h2-10,15-16,20H,11H2,1H3/t15-,16+/m1/s1. The molecule has 2 rings (SSSR count). The predicted molar refractivity (Wildman–Crippen MR) is 86.8 cm³/mol. The Bertz CT molecular complexity index is 530. The number of likely N-dealkylation sites (N-methyl/N-ethyl adjacent to an activating group) is 1. The normalized spacial score (nSPS) is 14.2. The molecule has 1 N–H and O–H groups in total. The maximum absolute atomic E-state index is 10.7. The Balaban J connectivity index is 2.28. The molecular formula is C16H17BrClNO. The molecule has 2 nitrogen and oxygen atoms in total. The Kier molecular flexibility index (Phi) is 5.61. The first-order valence-corrected chi connectivity index (χ1v) is 7.56. The summed E-state index contributed by atoms with van der Waals surface area (Å²) in [6.45, 7) is 0.572. The summed E-state index contributed by atoms with van der Waals surface area (Å²) in [5, 5.41) is 10.7. The number of aliphatic hydroxyl groups excluding tert-OH is 1. The number of hydrogen-bond acceptors (Lipinski definition) is 2. The molecule has 0 heterocycles. The van der Waals surface area contributed by atoms with E-state index in [4.69, 9.17) is 11.8 Å². The lowest BCUT2D eigenvalue weighted by Gasteiger charge is -2.25. The van der Waals surface area contributed by atoms with Crippen LogP contribution in [-0.4, -0.2) is 23.1 Å². The molecule has 0 aromatic heterocycles. The van der Waals surface area contributed by atoms with Crippen molar-refractivity contribution in [2.45, 2.75) is 12.0 Å². The van der Waals surface area contributed by atoms with Crippen molar-refractivity contribution in [1.82, 2.24) is 4.42 Å². The number of halogens is 2. The average molecular weight is 355 g/mol. The molecule has 2 aromatic rings. The van der Waals surface area contributed by atoms with Gasteiger partial charge in [-0.25, -0.2) is 4.42 Å². The van der Waals surface area contributed by atoms with Crippen LogP contribution >= 0.6 is 27.7 Å². The van der Waals surface area contributed by atoms with Crippen molar-refractivity contribution in [3.63, 3.8) is 0 Å². The minimum atomic E-state index is -0.591. The third-order valence-corrected chi connectivity index (χ3v) is 3.94. The van der Waals surface area contributed by atoms with Crippen LogP contribution in [0.1, 0.15) is 23.1 Å². The van der Waals surface area contributed by atoms with Gasteiger partial charge in [-0.3, -0.25) is 0 Å². The molecule has 0 aliphatic heterocycles. The highest BCUT2D eigenvalue weighted by atomic mass is 79.9. The summed E-state index contributed by atoms with van der Waals surface area (Å²) in [5.41, 5.74) is 1.97. The monoisotopic (exact) mass is 353 g/mol. The first-order chi connectivity index (χ1) is 9.58. The Morgan fingerprint density at radius 2 is 1.65 bits per heavy atom. The van der Waals surface area contributed by atoms with Crippen LogP contribution in [0.4, 0.5) is 0 Å². The van der Waals surface area contributed by atoms with Crippen LogP contribution in [0.2, 0.25) is 0 Å². The van der Waals surface area contributed by atoms with Gasteiger partial charge in [0.25, 0.3) is 0 Å². The highest BCUT2D eigenvalue weighted by molar-refractivity contribution is 9.10. The van der Waals surface area contributed by atoms with Gasteiger partial charge < -0.3 is 5.11 Å². The summed E-state index contributed by atoms with van der Waals surface area (Å²) in [6.07, 6.45) is -0.591. The van der Waals surface area contributed by atoms with E-state index in [2.05, 4.69) is 15.9 Å². The van der Waals surface area contributed by atoms with E-state index in [-0.39, 0.29) is 5.92 Å². The lowest BCUT2D eigenvalue weighted by Crippen LogP contribution is -2.22. The first kappa shape index (κ1) is 15.5. The molecule has 0 aliphatic carbocycles. The fourth-order valence-corrected chi connectivity index (χ4v) is 2.66. The van der Waals surface area contributed by atoms with Crippen molar-refractivity contribution in [2.75, 3.05) is 13.6 Å². The van der Waals surface area contributed by atoms with Crippen LogP contribution in [0.25, 0.3) is 0 Å². The summed E-state index contributed by atoms with van der Waals surface area (Å²) in [7, 11) is 1.80. The van der Waals surface area contributed by atoms with E-state index in [9.17, 15) is 5.11 Å². The van der Waals surface area contributed by atoms with Crippen LogP contribution < -0.4 is 0 Å². The third kappa shape index (κ3) is 4.06. The number of aliphatic hydroxyl groups is 1. The summed E-state index contributed by atoms with van der Waals surface area (Å²) < 4.78 is 2.58. The van der Waals surface area contributed by atoms with Gasteiger partial charge in [0.1, 0.15) is 0 Å². The summed E-state index contributed by atoms with van der Waals surface area (Å²) in [4.78, 5) is 0. The predicted octanol–water partition coefficient (Wildman–Crippen LogP) is 4.35. The topological polar surface area (TPSA) is 23.5 Å². The lowest BCUT2D eigenvalue weighted by atomic mass is 9.89. The van der Waals surface area contributed by atoms with Gasteiger partial charge in [-0.1, -0.05) is 58.4 Å². The van der Waals surface area contributed by atoms with Crippen molar-refractivity contribution < 1.29 is 5.11 Å². The quantitative estimate of drug-likeness (QED) is 0.807. The highest BCUT2D eigenvalue weighted by Crippen LogP contribution is 2.32. The minimum Gasteiger partial charge on any atom is -0.388 e. The van der Waals surface area contributed by atoms with Gasteiger partial charge in [0.05, 0.1) is 6.10 Å². The maximum Gasteiger partial charge on any atom is 0.0871 e. The summed E-state index contributed by atoms with van der Waals surface area (Å²) in [5.74, 6) is -0.0696. The maximum atomic E-state index is 10.7. The molecule has 0 bridgehead atoms. The SMILES string of the molecule is CN(Cl)C[C@H](c1ccccc1)[C@@H](O)c1ccc(Br)cc1. The van der Waals surface area contributed by atoms with E-state index in [0.29, 0.717) is 6.54 Å². The van der Waals surface area contributed by atoms with E-state index in [1.807, 2.05) is 54.6 Å².